The minimum absolute atomic E-state index is 0.103. The Kier molecular flexibility index (Phi) is 4.22. The minimum Gasteiger partial charge on any atom is -0.497 e. The number of aromatic nitrogens is 1. The highest BCUT2D eigenvalue weighted by atomic mass is 35.5. The highest BCUT2D eigenvalue weighted by molar-refractivity contribution is 6.44. The summed E-state index contributed by atoms with van der Waals surface area (Å²) in [6.45, 7) is 0. The summed E-state index contributed by atoms with van der Waals surface area (Å²) in [4.78, 5) is 15.9. The molecule has 7 heteroatoms. The molecule has 0 aliphatic rings. The van der Waals surface area contributed by atoms with Gasteiger partial charge < -0.3 is 15.6 Å². The maximum Gasteiger partial charge on any atom is 0.340 e. The van der Waals surface area contributed by atoms with Crippen molar-refractivity contribution in [3.8, 4) is 16.9 Å². The molecule has 122 valence electrons. The van der Waals surface area contributed by atoms with E-state index >= 15 is 0 Å². The fourth-order valence-electron chi connectivity index (χ4n) is 2.58. The van der Waals surface area contributed by atoms with E-state index in [0.29, 0.717) is 32.8 Å². The van der Waals surface area contributed by atoms with Gasteiger partial charge in [0.05, 0.1) is 22.7 Å². The van der Waals surface area contributed by atoms with Crippen molar-refractivity contribution in [2.75, 3.05) is 12.8 Å². The third-order valence-corrected chi connectivity index (χ3v) is 4.47. The highest BCUT2D eigenvalue weighted by Crippen LogP contribution is 2.41. The lowest BCUT2D eigenvalue weighted by Gasteiger charge is -2.15. The lowest BCUT2D eigenvalue weighted by molar-refractivity contribution is 0.0698. The molecule has 0 saturated carbocycles. The molecule has 0 fully saturated rings. The molecule has 0 unspecified atom stereocenters. The van der Waals surface area contributed by atoms with Gasteiger partial charge in [-0.1, -0.05) is 35.3 Å². The van der Waals surface area contributed by atoms with E-state index < -0.39 is 5.97 Å². The summed E-state index contributed by atoms with van der Waals surface area (Å²) in [5, 5.41) is 10.8. The molecule has 3 N–H and O–H groups in total. The van der Waals surface area contributed by atoms with Crippen LogP contribution in [-0.4, -0.2) is 23.2 Å². The number of nitrogens with two attached hydrogens (primary N) is 1. The molecule has 0 saturated heterocycles. The molecule has 0 aliphatic carbocycles. The van der Waals surface area contributed by atoms with Crippen molar-refractivity contribution >= 4 is 45.9 Å². The number of aromatic carboxylic acids is 1. The Balaban J connectivity index is 2.49. The molecule has 2 aromatic carbocycles. The Morgan fingerprint density at radius 3 is 2.67 bits per heavy atom. The maximum atomic E-state index is 11.8. The second kappa shape index (κ2) is 6.19. The average Bonchev–Trinajstić information content (AvgIpc) is 2.55. The number of ether oxygens (including phenoxy) is 1. The molecule has 1 aromatic heterocycles. The van der Waals surface area contributed by atoms with Crippen LogP contribution in [0.15, 0.2) is 36.4 Å². The Labute approximate surface area is 147 Å². The second-order valence-electron chi connectivity index (χ2n) is 5.04. The summed E-state index contributed by atoms with van der Waals surface area (Å²) in [6.07, 6.45) is 0. The summed E-state index contributed by atoms with van der Waals surface area (Å²) in [6, 6.07) is 10.1. The molecular formula is C17H12Cl2N2O3. The molecule has 5 nitrogen and oxygen atoms in total. The van der Waals surface area contributed by atoms with Crippen LogP contribution < -0.4 is 10.5 Å². The van der Waals surface area contributed by atoms with Crippen molar-refractivity contribution in [2.45, 2.75) is 0 Å². The van der Waals surface area contributed by atoms with Crippen LogP contribution >= 0.6 is 23.2 Å². The average molecular weight is 363 g/mol. The first kappa shape index (κ1) is 16.4. The van der Waals surface area contributed by atoms with Crippen LogP contribution in [0, 0.1) is 0 Å². The van der Waals surface area contributed by atoms with Crippen LogP contribution in [0.3, 0.4) is 0 Å². The fourth-order valence-corrected chi connectivity index (χ4v) is 2.98. The van der Waals surface area contributed by atoms with Crippen molar-refractivity contribution in [1.82, 2.24) is 4.98 Å². The number of anilines is 1. The normalized spacial score (nSPS) is 10.8. The van der Waals surface area contributed by atoms with Gasteiger partial charge >= 0.3 is 5.97 Å². The molecule has 0 bridgehead atoms. The Bertz CT molecular complexity index is 974. The molecule has 1 heterocycles. The Morgan fingerprint density at radius 2 is 2.00 bits per heavy atom. The zero-order valence-corrected chi connectivity index (χ0v) is 14.0. The molecule has 0 atom stereocenters. The predicted molar refractivity (Wildman–Crippen MR) is 95.1 cm³/mol. The van der Waals surface area contributed by atoms with Crippen LogP contribution in [0.2, 0.25) is 10.0 Å². The summed E-state index contributed by atoms with van der Waals surface area (Å²) in [5.74, 6) is -0.710. The number of hydrogen-bond acceptors (Lipinski definition) is 4. The summed E-state index contributed by atoms with van der Waals surface area (Å²) >= 11 is 12.4. The van der Waals surface area contributed by atoms with Crippen LogP contribution in [0.1, 0.15) is 10.4 Å². The lowest BCUT2D eigenvalue weighted by atomic mass is 9.95. The quantitative estimate of drug-likeness (QED) is 0.716. The zero-order valence-electron chi connectivity index (χ0n) is 12.5. The maximum absolute atomic E-state index is 11.8. The zero-order chi connectivity index (χ0) is 17.4. The van der Waals surface area contributed by atoms with Crippen molar-refractivity contribution in [1.29, 1.82) is 0 Å². The standard InChI is InChI=1S/C17H12Cl2N2O3/c1-24-8-5-6-9-12(7-8)21-16(20)14(17(22)23)13(9)10-3-2-4-11(18)15(10)19/h2-7H,1H3,(H2,20,21)(H,22,23). The molecule has 0 aliphatic heterocycles. The van der Waals surface area contributed by atoms with Gasteiger partial charge in [-0.25, -0.2) is 9.78 Å². The number of pyridine rings is 1. The van der Waals surface area contributed by atoms with E-state index in [1.54, 1.807) is 36.4 Å². The fraction of sp³-hybridized carbons (Fsp3) is 0.0588. The van der Waals surface area contributed by atoms with Gasteiger partial charge in [0, 0.05) is 22.6 Å². The number of carboxylic acids is 1. The van der Waals surface area contributed by atoms with Gasteiger partial charge in [0.15, 0.2) is 0 Å². The summed E-state index contributed by atoms with van der Waals surface area (Å²) in [5.41, 5.74) is 7.14. The van der Waals surface area contributed by atoms with Gasteiger partial charge in [-0.15, -0.1) is 0 Å². The number of nitrogen functional groups attached to an aromatic ring is 1. The second-order valence-corrected chi connectivity index (χ2v) is 5.82. The third kappa shape index (κ3) is 2.62. The lowest BCUT2D eigenvalue weighted by Crippen LogP contribution is -2.08. The molecule has 3 aromatic rings. The summed E-state index contributed by atoms with van der Waals surface area (Å²) in [7, 11) is 1.53. The van der Waals surface area contributed by atoms with Crippen molar-refractivity contribution in [3.63, 3.8) is 0 Å². The Morgan fingerprint density at radius 1 is 1.25 bits per heavy atom. The Hall–Kier alpha value is -2.50. The van der Waals surface area contributed by atoms with Gasteiger partial charge in [-0.3, -0.25) is 0 Å². The number of nitrogens with zero attached hydrogens (tertiary/aromatic N) is 1. The number of halogens is 2. The smallest absolute Gasteiger partial charge is 0.340 e. The SMILES string of the molecule is COc1ccc2c(-c3cccc(Cl)c3Cl)c(C(=O)O)c(N)nc2c1. The molecule has 0 spiro atoms. The topological polar surface area (TPSA) is 85.4 Å². The third-order valence-electron chi connectivity index (χ3n) is 3.66. The van der Waals surface area contributed by atoms with Gasteiger partial charge in [-0.2, -0.15) is 0 Å². The van der Waals surface area contributed by atoms with Crippen LogP contribution in [0.5, 0.6) is 5.75 Å². The number of fused-ring (bicyclic) bond motifs is 1. The van der Waals surface area contributed by atoms with Gasteiger partial charge in [0.25, 0.3) is 0 Å². The van der Waals surface area contributed by atoms with E-state index in [1.807, 2.05) is 0 Å². The molecule has 0 radical (unpaired) electrons. The predicted octanol–water partition coefficient (Wildman–Crippen LogP) is 4.50. The number of hydrogen-bond donors (Lipinski definition) is 2. The first-order chi connectivity index (χ1) is 11.4. The molecule has 3 rings (SSSR count). The van der Waals surface area contributed by atoms with Gasteiger partial charge in [0.1, 0.15) is 17.1 Å². The highest BCUT2D eigenvalue weighted by Gasteiger charge is 2.23. The van der Waals surface area contributed by atoms with Gasteiger partial charge in [-0.05, 0) is 18.2 Å². The van der Waals surface area contributed by atoms with Crippen LogP contribution in [0.25, 0.3) is 22.0 Å². The van der Waals surface area contributed by atoms with E-state index in [9.17, 15) is 9.90 Å². The van der Waals surface area contributed by atoms with E-state index in [0.717, 1.165) is 0 Å². The first-order valence-electron chi connectivity index (χ1n) is 6.89. The summed E-state index contributed by atoms with van der Waals surface area (Å²) < 4.78 is 5.18. The van der Waals surface area contributed by atoms with Crippen molar-refractivity contribution in [2.24, 2.45) is 0 Å². The number of benzene rings is 2. The van der Waals surface area contributed by atoms with E-state index in [-0.39, 0.29) is 16.4 Å². The van der Waals surface area contributed by atoms with Crippen molar-refractivity contribution < 1.29 is 14.6 Å². The number of methoxy groups -OCH3 is 1. The van der Waals surface area contributed by atoms with Crippen LogP contribution in [-0.2, 0) is 0 Å². The van der Waals surface area contributed by atoms with Crippen molar-refractivity contribution in [3.05, 3.63) is 52.0 Å². The van der Waals surface area contributed by atoms with E-state index in [2.05, 4.69) is 4.98 Å². The molecular weight excluding hydrogens is 351 g/mol. The van der Waals surface area contributed by atoms with Gasteiger partial charge in [0.2, 0.25) is 0 Å². The molecule has 24 heavy (non-hydrogen) atoms. The van der Waals surface area contributed by atoms with E-state index in [4.69, 9.17) is 33.7 Å². The minimum atomic E-state index is -1.19. The first-order valence-corrected chi connectivity index (χ1v) is 7.64. The molecule has 0 amide bonds. The number of rotatable bonds is 3. The monoisotopic (exact) mass is 362 g/mol. The van der Waals surface area contributed by atoms with E-state index in [1.165, 1.54) is 7.11 Å². The van der Waals surface area contributed by atoms with Crippen LogP contribution in [0.4, 0.5) is 5.82 Å². The largest absolute Gasteiger partial charge is 0.497 e. The number of carbonyl (C=O) groups is 1. The number of carboxylic acid groups (broad SMARTS) is 1.